The molecule has 4 fully saturated rings. The van der Waals surface area contributed by atoms with Crippen molar-refractivity contribution in [3.63, 3.8) is 0 Å². The Morgan fingerprint density at radius 1 is 0.523 bits per heavy atom. The van der Waals surface area contributed by atoms with Gasteiger partial charge in [-0.05, 0) is 113 Å². The molecule has 65 heavy (non-hydrogen) atoms. The quantitative estimate of drug-likeness (QED) is 0.0297. The van der Waals surface area contributed by atoms with E-state index in [1.807, 2.05) is 24.3 Å². The highest BCUT2D eigenvalue weighted by atomic mass is 16.5. The predicted molar refractivity (Wildman–Crippen MR) is 268 cm³/mol. The second-order valence-corrected chi connectivity index (χ2v) is 20.1. The van der Waals surface area contributed by atoms with Crippen LogP contribution in [0.15, 0.2) is 58.5 Å². The number of aliphatic hydroxyl groups is 2. The second-order valence-electron chi connectivity index (χ2n) is 20.1. The van der Waals surface area contributed by atoms with Gasteiger partial charge in [0.25, 0.3) is 0 Å². The van der Waals surface area contributed by atoms with Crippen molar-refractivity contribution in [3.05, 3.63) is 59.7 Å². The van der Waals surface area contributed by atoms with Gasteiger partial charge in [0.05, 0.1) is 12.1 Å². The van der Waals surface area contributed by atoms with Gasteiger partial charge in [0.1, 0.15) is 36.9 Å². The standard InChI is InChI=1S/C53H88N8O4/c1-53(2,41-25-29-49(30-26-41)64-39-47(62)37-54-33-15-35-56-51(58-43-17-7-3-8-18-43)59-44-19-9-4-10-20-44)42-27-31-50(32-28-42)65-40-48(63)38-55-34-16-36-57-52(60-45-21-11-5-12-22-45)61-46-23-13-6-14-24-46/h25-32,43-48,54-55,62-63H,3-24,33-40H2,1-2H3,(H2,56,58,59)(H2,57,60,61). The van der Waals surface area contributed by atoms with Gasteiger partial charge in [0.2, 0.25) is 0 Å². The minimum Gasteiger partial charge on any atom is -0.491 e. The first kappa shape index (κ1) is 50.8. The molecule has 364 valence electrons. The predicted octanol–water partition coefficient (Wildman–Crippen LogP) is 7.85. The molecule has 4 aliphatic carbocycles. The molecule has 0 amide bonds. The van der Waals surface area contributed by atoms with Crippen molar-refractivity contribution in [2.75, 3.05) is 52.5 Å². The Balaban J connectivity index is 0.822. The minimum atomic E-state index is -0.598. The summed E-state index contributed by atoms with van der Waals surface area (Å²) in [5.41, 5.74) is 2.09. The fourth-order valence-electron chi connectivity index (χ4n) is 9.92. The Bertz CT molecular complexity index is 1510. The van der Waals surface area contributed by atoms with E-state index in [0.29, 0.717) is 37.3 Å². The van der Waals surface area contributed by atoms with Gasteiger partial charge in [0.15, 0.2) is 11.9 Å². The van der Waals surface area contributed by atoms with E-state index < -0.39 is 12.2 Å². The second kappa shape index (κ2) is 28.6. The van der Waals surface area contributed by atoms with E-state index in [4.69, 9.17) is 19.5 Å². The molecular formula is C53H88N8O4. The largest absolute Gasteiger partial charge is 0.491 e. The molecule has 0 heterocycles. The smallest absolute Gasteiger partial charge is 0.191 e. The van der Waals surface area contributed by atoms with Crippen LogP contribution >= 0.6 is 0 Å². The fraction of sp³-hybridized carbons (Fsp3) is 0.736. The van der Waals surface area contributed by atoms with Crippen molar-refractivity contribution in [2.45, 2.75) is 197 Å². The zero-order chi connectivity index (χ0) is 45.4. The maximum absolute atomic E-state index is 10.6. The third-order valence-electron chi connectivity index (χ3n) is 14.1. The number of hydrogen-bond acceptors (Lipinski definition) is 8. The number of hydrogen-bond donors (Lipinski definition) is 8. The minimum absolute atomic E-state index is 0.232. The molecule has 0 bridgehead atoms. The third-order valence-corrected chi connectivity index (χ3v) is 14.1. The molecule has 12 nitrogen and oxygen atoms in total. The summed E-state index contributed by atoms with van der Waals surface area (Å²) in [6.07, 6.45) is 26.3. The lowest BCUT2D eigenvalue weighted by Gasteiger charge is -2.27. The number of rotatable bonds is 24. The molecule has 2 aromatic carbocycles. The summed E-state index contributed by atoms with van der Waals surface area (Å²) in [6, 6.07) is 18.3. The number of aliphatic imine (C=N–C) groups is 2. The van der Waals surface area contributed by atoms with Crippen molar-refractivity contribution in [1.29, 1.82) is 0 Å². The Hall–Kier alpha value is -3.58. The van der Waals surface area contributed by atoms with Gasteiger partial charge in [-0.2, -0.15) is 0 Å². The molecule has 2 aromatic rings. The van der Waals surface area contributed by atoms with E-state index in [2.05, 4.69) is 70.0 Å². The number of benzene rings is 2. The molecular weight excluding hydrogens is 813 g/mol. The van der Waals surface area contributed by atoms with Crippen LogP contribution in [0.25, 0.3) is 0 Å². The molecule has 0 aliphatic heterocycles. The fourth-order valence-corrected chi connectivity index (χ4v) is 9.92. The highest BCUT2D eigenvalue weighted by Gasteiger charge is 2.24. The summed E-state index contributed by atoms with van der Waals surface area (Å²) >= 11 is 0. The topological polar surface area (TPSA) is 156 Å². The molecule has 6 rings (SSSR count). The van der Waals surface area contributed by atoms with Crippen LogP contribution in [-0.2, 0) is 5.41 Å². The van der Waals surface area contributed by atoms with Crippen LogP contribution < -0.4 is 41.4 Å². The normalized spacial score (nSPS) is 19.9. The lowest BCUT2D eigenvalue weighted by Crippen LogP contribution is -2.45. The molecule has 2 unspecified atom stereocenters. The number of guanidine groups is 2. The molecule has 12 heteroatoms. The summed E-state index contributed by atoms with van der Waals surface area (Å²) in [5, 5.41) is 42.8. The van der Waals surface area contributed by atoms with Crippen LogP contribution in [0.4, 0.5) is 0 Å². The zero-order valence-corrected chi connectivity index (χ0v) is 40.4. The Morgan fingerprint density at radius 2 is 0.877 bits per heavy atom. The van der Waals surface area contributed by atoms with E-state index in [-0.39, 0.29) is 18.6 Å². The van der Waals surface area contributed by atoms with Crippen molar-refractivity contribution < 1.29 is 19.7 Å². The number of nitrogens with one attached hydrogen (secondary N) is 6. The first-order valence-electron chi connectivity index (χ1n) is 26.2. The van der Waals surface area contributed by atoms with E-state index in [9.17, 15) is 10.2 Å². The molecule has 4 saturated carbocycles. The molecule has 0 saturated heterocycles. The van der Waals surface area contributed by atoms with Gasteiger partial charge in [-0.15, -0.1) is 0 Å². The monoisotopic (exact) mass is 901 g/mol. The van der Waals surface area contributed by atoms with Crippen LogP contribution in [0.3, 0.4) is 0 Å². The third kappa shape index (κ3) is 18.9. The van der Waals surface area contributed by atoms with Gasteiger partial charge in [-0.25, -0.2) is 9.98 Å². The maximum atomic E-state index is 10.6. The molecule has 0 aromatic heterocycles. The van der Waals surface area contributed by atoms with Crippen LogP contribution in [0, 0.1) is 0 Å². The number of aliphatic hydroxyl groups excluding tert-OH is 2. The number of nitrogens with zero attached hydrogens (tertiary/aromatic N) is 2. The molecule has 4 aliphatic rings. The Morgan fingerprint density at radius 3 is 1.25 bits per heavy atom. The summed E-state index contributed by atoms with van der Waals surface area (Å²) in [7, 11) is 0. The maximum Gasteiger partial charge on any atom is 0.191 e. The average molecular weight is 901 g/mol. The van der Waals surface area contributed by atoms with E-state index in [1.54, 1.807) is 0 Å². The zero-order valence-electron chi connectivity index (χ0n) is 40.4. The molecule has 0 radical (unpaired) electrons. The van der Waals surface area contributed by atoms with E-state index in [1.165, 1.54) is 140 Å². The van der Waals surface area contributed by atoms with Crippen LogP contribution in [0.1, 0.15) is 166 Å². The first-order valence-corrected chi connectivity index (χ1v) is 26.2. The Labute approximate surface area is 392 Å². The highest BCUT2D eigenvalue weighted by molar-refractivity contribution is 5.80. The van der Waals surface area contributed by atoms with Crippen molar-refractivity contribution in [3.8, 4) is 11.5 Å². The van der Waals surface area contributed by atoms with Gasteiger partial charge in [-0.1, -0.05) is 115 Å². The van der Waals surface area contributed by atoms with Crippen LogP contribution in [0.2, 0.25) is 0 Å². The summed E-state index contributed by atoms with van der Waals surface area (Å²) < 4.78 is 12.0. The van der Waals surface area contributed by atoms with Crippen LogP contribution in [-0.4, -0.2) is 111 Å². The summed E-state index contributed by atoms with van der Waals surface area (Å²) in [6.45, 7) is 9.19. The van der Waals surface area contributed by atoms with E-state index >= 15 is 0 Å². The SMILES string of the molecule is CC(C)(c1ccc(OCC(O)CNCCCN/C(=N\C2CCCCC2)NC2CCCCC2)cc1)c1ccc(OCC(O)CNCCCN/C(=N\C2CCCCC2)NC2CCCCC2)cc1. The number of ether oxygens (including phenoxy) is 2. The van der Waals surface area contributed by atoms with Gasteiger partial charge in [-0.3, -0.25) is 0 Å². The Kier molecular flexibility index (Phi) is 22.3. The van der Waals surface area contributed by atoms with E-state index in [0.717, 1.165) is 62.4 Å². The van der Waals surface area contributed by atoms with Gasteiger partial charge >= 0.3 is 0 Å². The highest BCUT2D eigenvalue weighted by Crippen LogP contribution is 2.33. The molecule has 2 atom stereocenters. The van der Waals surface area contributed by atoms with Crippen LogP contribution in [0.5, 0.6) is 11.5 Å². The van der Waals surface area contributed by atoms with Crippen molar-refractivity contribution in [2.24, 2.45) is 9.98 Å². The van der Waals surface area contributed by atoms with Gasteiger partial charge in [0, 0.05) is 43.7 Å². The average Bonchev–Trinajstić information content (AvgIpc) is 3.34. The van der Waals surface area contributed by atoms with Crippen molar-refractivity contribution >= 4 is 11.9 Å². The lowest BCUT2D eigenvalue weighted by atomic mass is 9.78. The molecule has 0 spiro atoms. The lowest BCUT2D eigenvalue weighted by molar-refractivity contribution is 0.106. The van der Waals surface area contributed by atoms with Gasteiger partial charge < -0.3 is 51.6 Å². The van der Waals surface area contributed by atoms with Crippen molar-refractivity contribution in [1.82, 2.24) is 31.9 Å². The summed E-state index contributed by atoms with van der Waals surface area (Å²) in [5.74, 6) is 3.47. The molecule has 8 N–H and O–H groups in total. The first-order chi connectivity index (χ1) is 31.8. The summed E-state index contributed by atoms with van der Waals surface area (Å²) in [4.78, 5) is 10.2.